The van der Waals surface area contributed by atoms with Crippen LogP contribution < -0.4 is 0 Å². The Morgan fingerprint density at radius 2 is 0.486 bits per heavy atom. The Morgan fingerprint density at radius 1 is 0.278 bits per heavy atom. The zero-order valence-electron chi connectivity index (χ0n) is 49.7. The van der Waals surface area contributed by atoms with E-state index in [4.69, 9.17) is 14.2 Å². The van der Waals surface area contributed by atoms with Gasteiger partial charge in [0.25, 0.3) is 0 Å². The first-order chi connectivity index (χ1) is 35.2. The van der Waals surface area contributed by atoms with Crippen LogP contribution in [0.15, 0.2) is 0 Å². The highest BCUT2D eigenvalue weighted by Crippen LogP contribution is 2.20. The van der Waals surface area contributed by atoms with Crippen molar-refractivity contribution >= 4 is 17.9 Å². The largest absolute Gasteiger partial charge is 0.462 e. The maximum atomic E-state index is 12.9. The number of rotatable bonds is 59. The normalized spacial score (nSPS) is 12.9. The van der Waals surface area contributed by atoms with Gasteiger partial charge in [-0.05, 0) is 37.0 Å². The molecular weight excluding hydrogens is 889 g/mol. The molecule has 2 unspecified atom stereocenters. The van der Waals surface area contributed by atoms with Crippen molar-refractivity contribution in [1.29, 1.82) is 0 Å². The van der Waals surface area contributed by atoms with Gasteiger partial charge in [-0.3, -0.25) is 14.4 Å². The first kappa shape index (κ1) is 70.4. The average molecular weight is 1020 g/mol. The third-order valence-electron chi connectivity index (χ3n) is 15.9. The Hall–Kier alpha value is -1.59. The van der Waals surface area contributed by atoms with Gasteiger partial charge in [0, 0.05) is 19.3 Å². The molecule has 0 aliphatic carbocycles. The maximum Gasteiger partial charge on any atom is 0.306 e. The van der Waals surface area contributed by atoms with Crippen LogP contribution in [-0.2, 0) is 28.6 Å². The highest BCUT2D eigenvalue weighted by atomic mass is 16.6. The van der Waals surface area contributed by atoms with Crippen molar-refractivity contribution in [2.24, 2.45) is 17.8 Å². The number of hydrogen-bond donors (Lipinski definition) is 0. The van der Waals surface area contributed by atoms with Crippen molar-refractivity contribution in [3.8, 4) is 0 Å². The lowest BCUT2D eigenvalue weighted by molar-refractivity contribution is -0.167. The van der Waals surface area contributed by atoms with Crippen molar-refractivity contribution in [3.05, 3.63) is 0 Å². The molecule has 0 aliphatic rings. The number of unbranched alkanes of at least 4 members (excludes halogenated alkanes) is 40. The van der Waals surface area contributed by atoms with Crippen LogP contribution in [0.2, 0.25) is 0 Å². The predicted molar refractivity (Wildman–Crippen MR) is 312 cm³/mol. The summed E-state index contributed by atoms with van der Waals surface area (Å²) in [5, 5.41) is 0. The van der Waals surface area contributed by atoms with Gasteiger partial charge >= 0.3 is 17.9 Å². The molecule has 0 radical (unpaired) electrons. The second-order valence-electron chi connectivity index (χ2n) is 23.7. The summed E-state index contributed by atoms with van der Waals surface area (Å²) in [5.74, 6) is 1.79. The minimum absolute atomic E-state index is 0.0627. The Balaban J connectivity index is 4.25. The number of carbonyl (C=O) groups excluding carboxylic acids is 3. The number of hydrogen-bond acceptors (Lipinski definition) is 6. The fourth-order valence-corrected chi connectivity index (χ4v) is 10.2. The van der Waals surface area contributed by atoms with Gasteiger partial charge in [-0.15, -0.1) is 0 Å². The summed E-state index contributed by atoms with van der Waals surface area (Å²) in [5.41, 5.74) is 0. The van der Waals surface area contributed by atoms with Crippen molar-refractivity contribution in [1.82, 2.24) is 0 Å². The molecule has 0 rings (SSSR count). The third kappa shape index (κ3) is 56.1. The van der Waals surface area contributed by atoms with Crippen LogP contribution in [0.1, 0.15) is 369 Å². The fourth-order valence-electron chi connectivity index (χ4n) is 10.2. The summed E-state index contributed by atoms with van der Waals surface area (Å²) in [6.07, 6.45) is 62.4. The summed E-state index contributed by atoms with van der Waals surface area (Å²) >= 11 is 0. The van der Waals surface area contributed by atoms with Gasteiger partial charge in [0.15, 0.2) is 6.10 Å². The molecule has 6 nitrogen and oxygen atoms in total. The molecule has 0 amide bonds. The first-order valence-electron chi connectivity index (χ1n) is 32.7. The van der Waals surface area contributed by atoms with Gasteiger partial charge in [0.1, 0.15) is 13.2 Å². The molecular formula is C66H128O6. The van der Waals surface area contributed by atoms with Gasteiger partial charge in [0.05, 0.1) is 0 Å². The SMILES string of the molecule is CCC(C)CCCCCCCCCCCCCCCCCCCCC(=O)OC[C@H](COC(=O)CCCCCCCCCCCCCCCCC(C)CC)OC(=O)CCCCCCCCCCCCCC(C)C. The minimum atomic E-state index is -0.765. The molecule has 72 heavy (non-hydrogen) atoms. The molecule has 0 aromatic carbocycles. The zero-order valence-corrected chi connectivity index (χ0v) is 49.7. The molecule has 0 fully saturated rings. The Bertz CT molecular complexity index is 1120. The Kier molecular flexibility index (Phi) is 55.9. The van der Waals surface area contributed by atoms with Crippen LogP contribution >= 0.6 is 0 Å². The minimum Gasteiger partial charge on any atom is -0.462 e. The van der Waals surface area contributed by atoms with Crippen LogP contribution in [0.4, 0.5) is 0 Å². The van der Waals surface area contributed by atoms with Crippen LogP contribution in [0, 0.1) is 17.8 Å². The first-order valence-corrected chi connectivity index (χ1v) is 32.7. The van der Waals surface area contributed by atoms with Crippen LogP contribution in [-0.4, -0.2) is 37.2 Å². The van der Waals surface area contributed by atoms with Crippen molar-refractivity contribution in [2.75, 3.05) is 13.2 Å². The summed E-state index contributed by atoms with van der Waals surface area (Å²) < 4.78 is 17.0. The molecule has 0 aromatic heterocycles. The van der Waals surface area contributed by atoms with E-state index >= 15 is 0 Å². The van der Waals surface area contributed by atoms with Gasteiger partial charge < -0.3 is 14.2 Å². The van der Waals surface area contributed by atoms with E-state index in [0.717, 1.165) is 75.5 Å². The second kappa shape index (κ2) is 57.1. The van der Waals surface area contributed by atoms with Crippen LogP contribution in [0.3, 0.4) is 0 Å². The molecule has 0 spiro atoms. The molecule has 6 heteroatoms. The van der Waals surface area contributed by atoms with Crippen molar-refractivity contribution in [3.63, 3.8) is 0 Å². The van der Waals surface area contributed by atoms with E-state index in [0.29, 0.717) is 19.3 Å². The van der Waals surface area contributed by atoms with Crippen molar-refractivity contribution in [2.45, 2.75) is 375 Å². The van der Waals surface area contributed by atoms with Crippen LogP contribution in [0.5, 0.6) is 0 Å². The molecule has 0 aliphatic heterocycles. The average Bonchev–Trinajstić information content (AvgIpc) is 3.37. The van der Waals surface area contributed by atoms with Gasteiger partial charge in [-0.25, -0.2) is 0 Å². The van der Waals surface area contributed by atoms with Gasteiger partial charge in [0.2, 0.25) is 0 Å². The molecule has 0 saturated carbocycles. The van der Waals surface area contributed by atoms with Gasteiger partial charge in [-0.2, -0.15) is 0 Å². The topological polar surface area (TPSA) is 78.9 Å². The van der Waals surface area contributed by atoms with E-state index in [2.05, 4.69) is 41.5 Å². The fraction of sp³-hybridized carbons (Fsp3) is 0.955. The highest BCUT2D eigenvalue weighted by molar-refractivity contribution is 5.71. The lowest BCUT2D eigenvalue weighted by Crippen LogP contribution is -2.30. The van der Waals surface area contributed by atoms with E-state index in [1.807, 2.05) is 0 Å². The predicted octanol–water partition coefficient (Wildman–Crippen LogP) is 21.8. The standard InChI is InChI=1S/C66H128O6/c1-7-61(5)53-47-41-35-29-23-17-13-11-9-10-12-14-19-25-31-37-43-49-55-64(67)70-58-63(72-66(69)57-51-45-39-33-27-21-22-28-34-40-46-52-60(3)4)59-71-65(68)56-50-44-38-32-26-20-16-15-18-24-30-36-42-48-54-62(6)8-2/h60-63H,7-59H2,1-6H3/t61?,62?,63-/m1/s1. The molecule has 3 atom stereocenters. The Labute approximate surface area is 450 Å². The maximum absolute atomic E-state index is 12.9. The zero-order chi connectivity index (χ0) is 52.6. The molecule has 0 bridgehead atoms. The lowest BCUT2D eigenvalue weighted by atomic mass is 9.99. The molecule has 0 heterocycles. The van der Waals surface area contributed by atoms with E-state index in [9.17, 15) is 14.4 Å². The third-order valence-corrected chi connectivity index (χ3v) is 15.9. The molecule has 0 N–H and O–H groups in total. The summed E-state index contributed by atoms with van der Waals surface area (Å²) in [7, 11) is 0. The number of ether oxygens (including phenoxy) is 3. The van der Waals surface area contributed by atoms with Crippen molar-refractivity contribution < 1.29 is 28.6 Å². The van der Waals surface area contributed by atoms with Gasteiger partial charge in [-0.1, -0.05) is 330 Å². The van der Waals surface area contributed by atoms with E-state index in [1.165, 1.54) is 250 Å². The summed E-state index contributed by atoms with van der Waals surface area (Å²) in [6.45, 7) is 13.9. The molecule has 428 valence electrons. The summed E-state index contributed by atoms with van der Waals surface area (Å²) in [4.78, 5) is 38.3. The van der Waals surface area contributed by atoms with E-state index < -0.39 is 6.10 Å². The number of esters is 3. The lowest BCUT2D eigenvalue weighted by Gasteiger charge is -2.18. The van der Waals surface area contributed by atoms with E-state index in [-0.39, 0.29) is 31.1 Å². The van der Waals surface area contributed by atoms with Crippen LogP contribution in [0.25, 0.3) is 0 Å². The Morgan fingerprint density at radius 3 is 0.722 bits per heavy atom. The second-order valence-corrected chi connectivity index (χ2v) is 23.7. The quantitative estimate of drug-likeness (QED) is 0.0343. The van der Waals surface area contributed by atoms with E-state index in [1.54, 1.807) is 0 Å². The molecule has 0 saturated heterocycles. The smallest absolute Gasteiger partial charge is 0.306 e. The highest BCUT2D eigenvalue weighted by Gasteiger charge is 2.20. The number of carbonyl (C=O) groups is 3. The summed E-state index contributed by atoms with van der Waals surface area (Å²) in [6, 6.07) is 0. The molecule has 0 aromatic rings. The monoisotopic (exact) mass is 1020 g/mol.